The third-order valence-electron chi connectivity index (χ3n) is 2.77. The van der Waals surface area contributed by atoms with Gasteiger partial charge in [-0.1, -0.05) is 6.07 Å². The molecule has 0 aliphatic heterocycles. The zero-order valence-corrected chi connectivity index (χ0v) is 11.8. The molecule has 1 N–H and O–H groups in total. The molecule has 2 aromatic rings. The van der Waals surface area contributed by atoms with E-state index in [-0.39, 0.29) is 5.82 Å². The number of nitrogens with one attached hydrogen (secondary N) is 1. The van der Waals surface area contributed by atoms with Gasteiger partial charge in [0.05, 0.1) is 0 Å². The van der Waals surface area contributed by atoms with Crippen LogP contribution in [0.2, 0.25) is 0 Å². The molecule has 3 nitrogen and oxygen atoms in total. The van der Waals surface area contributed by atoms with Gasteiger partial charge in [0.25, 0.3) is 0 Å². The fraction of sp³-hybridized carbons (Fsp3) is 0.250. The molecule has 0 bridgehead atoms. The first-order valence-electron chi connectivity index (χ1n) is 6.54. The molecule has 0 atom stereocenters. The highest BCUT2D eigenvalue weighted by atomic mass is 19.1. The van der Waals surface area contributed by atoms with E-state index in [0.717, 1.165) is 23.7 Å². The number of hydrogen-bond acceptors (Lipinski definition) is 3. The van der Waals surface area contributed by atoms with Crippen LogP contribution in [0.15, 0.2) is 48.5 Å². The largest absolute Gasteiger partial charge is 0.492 e. The number of benzene rings is 2. The molecule has 20 heavy (non-hydrogen) atoms. The molecule has 2 aromatic carbocycles. The third kappa shape index (κ3) is 4.55. The van der Waals surface area contributed by atoms with Crippen molar-refractivity contribution in [2.24, 2.45) is 0 Å². The summed E-state index contributed by atoms with van der Waals surface area (Å²) >= 11 is 0. The predicted octanol–water partition coefficient (Wildman–Crippen LogP) is 3.51. The van der Waals surface area contributed by atoms with Crippen LogP contribution in [0.3, 0.4) is 0 Å². The molecule has 106 valence electrons. The summed E-state index contributed by atoms with van der Waals surface area (Å²) in [4.78, 5) is 2.07. The monoisotopic (exact) mass is 274 g/mol. The van der Waals surface area contributed by atoms with Crippen molar-refractivity contribution in [1.82, 2.24) is 4.90 Å². The lowest BCUT2D eigenvalue weighted by Gasteiger charge is -2.12. The molecule has 0 aliphatic carbocycles. The molecule has 0 aromatic heterocycles. The smallest absolute Gasteiger partial charge is 0.125 e. The Morgan fingerprint density at radius 1 is 1.05 bits per heavy atom. The fourth-order valence-electron chi connectivity index (χ4n) is 1.71. The number of halogens is 1. The van der Waals surface area contributed by atoms with Gasteiger partial charge in [-0.05, 0) is 56.6 Å². The van der Waals surface area contributed by atoms with Gasteiger partial charge in [0.1, 0.15) is 18.2 Å². The number of hydrogen-bond donors (Lipinski definition) is 1. The lowest BCUT2D eigenvalue weighted by Crippen LogP contribution is -2.19. The Hall–Kier alpha value is -2.07. The third-order valence-corrected chi connectivity index (χ3v) is 2.77. The van der Waals surface area contributed by atoms with Gasteiger partial charge in [-0.2, -0.15) is 0 Å². The van der Waals surface area contributed by atoms with Crippen LogP contribution in [0.25, 0.3) is 0 Å². The van der Waals surface area contributed by atoms with E-state index in [9.17, 15) is 4.39 Å². The average molecular weight is 274 g/mol. The van der Waals surface area contributed by atoms with E-state index in [4.69, 9.17) is 4.74 Å². The van der Waals surface area contributed by atoms with Crippen LogP contribution in [0.5, 0.6) is 5.75 Å². The minimum atomic E-state index is -0.251. The molecular formula is C16H19FN2O. The van der Waals surface area contributed by atoms with Gasteiger partial charge in [0, 0.05) is 17.9 Å². The van der Waals surface area contributed by atoms with E-state index >= 15 is 0 Å². The van der Waals surface area contributed by atoms with Crippen molar-refractivity contribution in [3.05, 3.63) is 54.3 Å². The van der Waals surface area contributed by atoms with Crippen molar-refractivity contribution < 1.29 is 9.13 Å². The van der Waals surface area contributed by atoms with E-state index in [2.05, 4.69) is 10.2 Å². The predicted molar refractivity (Wildman–Crippen MR) is 80.2 cm³/mol. The van der Waals surface area contributed by atoms with E-state index in [1.54, 1.807) is 6.07 Å². The van der Waals surface area contributed by atoms with Gasteiger partial charge in [-0.25, -0.2) is 4.39 Å². The normalized spacial score (nSPS) is 10.6. The van der Waals surface area contributed by atoms with Gasteiger partial charge in [0.2, 0.25) is 0 Å². The minimum Gasteiger partial charge on any atom is -0.492 e. The molecule has 0 unspecified atom stereocenters. The Labute approximate surface area is 119 Å². The zero-order valence-electron chi connectivity index (χ0n) is 11.8. The molecule has 0 aliphatic rings. The van der Waals surface area contributed by atoms with Gasteiger partial charge in [0.15, 0.2) is 0 Å². The Balaban J connectivity index is 1.91. The summed E-state index contributed by atoms with van der Waals surface area (Å²) in [5, 5.41) is 3.14. The lowest BCUT2D eigenvalue weighted by atomic mass is 10.2. The number of likely N-dealkylation sites (N-methyl/N-ethyl adjacent to an activating group) is 1. The Kier molecular flexibility index (Phi) is 4.96. The average Bonchev–Trinajstić information content (AvgIpc) is 2.40. The molecule has 0 heterocycles. The molecular weight excluding hydrogens is 255 g/mol. The van der Waals surface area contributed by atoms with Crippen LogP contribution >= 0.6 is 0 Å². The molecule has 2 rings (SSSR count). The SMILES string of the molecule is CN(C)CCOc1ccc(Nc2cccc(F)c2)cc1. The first-order valence-corrected chi connectivity index (χ1v) is 6.54. The van der Waals surface area contributed by atoms with Crippen molar-refractivity contribution in [2.45, 2.75) is 0 Å². The maximum atomic E-state index is 13.1. The first-order chi connectivity index (χ1) is 9.63. The molecule has 0 fully saturated rings. The summed E-state index contributed by atoms with van der Waals surface area (Å²) in [7, 11) is 4.02. The molecule has 0 saturated carbocycles. The summed E-state index contributed by atoms with van der Waals surface area (Å²) in [6.07, 6.45) is 0. The van der Waals surface area contributed by atoms with E-state index in [1.165, 1.54) is 12.1 Å². The highest BCUT2D eigenvalue weighted by Gasteiger charge is 1.98. The van der Waals surface area contributed by atoms with E-state index in [1.807, 2.05) is 44.4 Å². The second-order valence-corrected chi connectivity index (χ2v) is 4.81. The Bertz CT molecular complexity index is 540. The van der Waals surface area contributed by atoms with E-state index in [0.29, 0.717) is 6.61 Å². The van der Waals surface area contributed by atoms with Crippen LogP contribution in [-0.2, 0) is 0 Å². The van der Waals surface area contributed by atoms with Crippen LogP contribution in [-0.4, -0.2) is 32.1 Å². The second kappa shape index (κ2) is 6.91. The number of nitrogens with zero attached hydrogens (tertiary/aromatic N) is 1. The molecule has 4 heteroatoms. The summed E-state index contributed by atoms with van der Waals surface area (Å²) in [6.45, 7) is 1.53. The molecule has 0 spiro atoms. The zero-order chi connectivity index (χ0) is 14.4. The highest BCUT2D eigenvalue weighted by Crippen LogP contribution is 2.20. The second-order valence-electron chi connectivity index (χ2n) is 4.81. The number of ether oxygens (including phenoxy) is 1. The van der Waals surface area contributed by atoms with Crippen LogP contribution in [0, 0.1) is 5.82 Å². The van der Waals surface area contributed by atoms with Gasteiger partial charge >= 0.3 is 0 Å². The van der Waals surface area contributed by atoms with E-state index < -0.39 is 0 Å². The summed E-state index contributed by atoms with van der Waals surface area (Å²) in [5.41, 5.74) is 1.63. The summed E-state index contributed by atoms with van der Waals surface area (Å²) in [5.74, 6) is 0.579. The summed E-state index contributed by atoms with van der Waals surface area (Å²) < 4.78 is 18.7. The van der Waals surface area contributed by atoms with Crippen LogP contribution in [0.4, 0.5) is 15.8 Å². The van der Waals surface area contributed by atoms with Crippen molar-refractivity contribution in [3.8, 4) is 5.75 Å². The Morgan fingerprint density at radius 3 is 2.45 bits per heavy atom. The van der Waals surface area contributed by atoms with Crippen molar-refractivity contribution in [3.63, 3.8) is 0 Å². The maximum Gasteiger partial charge on any atom is 0.125 e. The quantitative estimate of drug-likeness (QED) is 0.872. The maximum absolute atomic E-state index is 13.1. The van der Waals surface area contributed by atoms with Gasteiger partial charge in [-0.3, -0.25) is 0 Å². The topological polar surface area (TPSA) is 24.5 Å². The number of rotatable bonds is 6. The molecule has 0 radical (unpaired) electrons. The molecule has 0 saturated heterocycles. The van der Waals surface area contributed by atoms with Gasteiger partial charge in [-0.15, -0.1) is 0 Å². The van der Waals surface area contributed by atoms with Gasteiger partial charge < -0.3 is 15.0 Å². The lowest BCUT2D eigenvalue weighted by molar-refractivity contribution is 0.261. The van der Waals surface area contributed by atoms with Crippen LogP contribution < -0.4 is 10.1 Å². The fourth-order valence-corrected chi connectivity index (χ4v) is 1.71. The highest BCUT2D eigenvalue weighted by molar-refractivity contribution is 5.60. The van der Waals surface area contributed by atoms with Crippen molar-refractivity contribution in [2.75, 3.05) is 32.6 Å². The molecule has 0 amide bonds. The van der Waals surface area contributed by atoms with Crippen LogP contribution in [0.1, 0.15) is 0 Å². The minimum absolute atomic E-state index is 0.251. The Morgan fingerprint density at radius 2 is 1.80 bits per heavy atom. The van der Waals surface area contributed by atoms with Crippen molar-refractivity contribution >= 4 is 11.4 Å². The van der Waals surface area contributed by atoms with Crippen molar-refractivity contribution in [1.29, 1.82) is 0 Å². The standard InChI is InChI=1S/C16H19FN2O/c1-19(2)10-11-20-16-8-6-14(7-9-16)18-15-5-3-4-13(17)12-15/h3-9,12,18H,10-11H2,1-2H3. The number of anilines is 2. The first kappa shape index (κ1) is 14.3. The summed E-state index contributed by atoms with van der Waals surface area (Å²) in [6, 6.07) is 14.0.